The van der Waals surface area contributed by atoms with Crippen molar-refractivity contribution in [2.75, 3.05) is 7.11 Å². The zero-order chi connectivity index (χ0) is 25.3. The molecule has 0 heterocycles. The number of benzene rings is 3. The van der Waals surface area contributed by atoms with Gasteiger partial charge in [-0.05, 0) is 82.3 Å². The summed E-state index contributed by atoms with van der Waals surface area (Å²) in [5.41, 5.74) is 5.42. The molecule has 0 saturated carbocycles. The number of carboxylic acids is 1. The summed E-state index contributed by atoms with van der Waals surface area (Å²) < 4.78 is 26.2. The van der Waals surface area contributed by atoms with E-state index >= 15 is 0 Å². The van der Waals surface area contributed by atoms with Crippen LogP contribution in [-0.4, -0.2) is 18.2 Å². The number of carboxylic acid groups (broad SMARTS) is 1. The maximum absolute atomic E-state index is 14.8. The molecule has 3 aromatic carbocycles. The minimum Gasteiger partial charge on any atom is -0.497 e. The second-order valence-corrected chi connectivity index (χ2v) is 10.4. The van der Waals surface area contributed by atoms with E-state index in [9.17, 15) is 14.3 Å². The van der Waals surface area contributed by atoms with E-state index in [0.717, 1.165) is 40.8 Å². The molecule has 1 N–H and O–H groups in total. The number of aryl methyl sites for hydroxylation is 1. The first kappa shape index (κ1) is 24.8. The highest BCUT2D eigenvalue weighted by Crippen LogP contribution is 2.41. The smallest absolute Gasteiger partial charge is 0.306 e. The van der Waals surface area contributed by atoms with Gasteiger partial charge in [0.1, 0.15) is 23.9 Å². The maximum Gasteiger partial charge on any atom is 0.306 e. The van der Waals surface area contributed by atoms with Crippen molar-refractivity contribution in [3.05, 3.63) is 82.7 Å². The Morgan fingerprint density at radius 2 is 1.80 bits per heavy atom. The van der Waals surface area contributed by atoms with Crippen molar-refractivity contribution < 1.29 is 23.8 Å². The summed E-state index contributed by atoms with van der Waals surface area (Å²) in [5, 5.41) is 9.47. The zero-order valence-electron chi connectivity index (χ0n) is 21.0. The highest BCUT2D eigenvalue weighted by molar-refractivity contribution is 5.72. The molecule has 0 radical (unpaired) electrons. The van der Waals surface area contributed by atoms with Crippen LogP contribution in [0.2, 0.25) is 0 Å². The lowest BCUT2D eigenvalue weighted by Gasteiger charge is -2.25. The molecule has 3 aromatic rings. The number of carbonyl (C=O) groups is 1. The van der Waals surface area contributed by atoms with Crippen LogP contribution in [0.4, 0.5) is 4.39 Å². The normalized spacial score (nSPS) is 16.0. The predicted octanol–water partition coefficient (Wildman–Crippen LogP) is 7.13. The van der Waals surface area contributed by atoms with Gasteiger partial charge in [-0.1, -0.05) is 52.0 Å². The lowest BCUT2D eigenvalue weighted by Crippen LogP contribution is -2.17. The molecule has 2 atom stereocenters. The lowest BCUT2D eigenvalue weighted by molar-refractivity contribution is -0.141. The SMILES string of the molecule is COc1ccc(F)c(-c2ccc(COc3ccc4c(c3)C([C@H](C)C(=O)O)CC4)cc2C(C)(C)C)c1. The van der Waals surface area contributed by atoms with E-state index in [4.69, 9.17) is 9.47 Å². The molecule has 0 saturated heterocycles. The summed E-state index contributed by atoms with van der Waals surface area (Å²) in [6, 6.07) is 16.8. The monoisotopic (exact) mass is 476 g/mol. The summed E-state index contributed by atoms with van der Waals surface area (Å²) in [7, 11) is 1.58. The molecule has 0 amide bonds. The Labute approximate surface area is 206 Å². The van der Waals surface area contributed by atoms with Gasteiger partial charge in [-0.25, -0.2) is 4.39 Å². The van der Waals surface area contributed by atoms with Crippen LogP contribution in [0.25, 0.3) is 11.1 Å². The molecule has 1 aliphatic carbocycles. The van der Waals surface area contributed by atoms with Crippen molar-refractivity contribution in [2.24, 2.45) is 5.92 Å². The van der Waals surface area contributed by atoms with Crippen LogP contribution in [-0.2, 0) is 23.2 Å². The fraction of sp³-hybridized carbons (Fsp3) is 0.367. The molecule has 184 valence electrons. The molecule has 35 heavy (non-hydrogen) atoms. The Morgan fingerprint density at radius 1 is 1.06 bits per heavy atom. The molecule has 1 unspecified atom stereocenters. The molecule has 0 bridgehead atoms. The number of halogens is 1. The number of hydrogen-bond donors (Lipinski definition) is 1. The maximum atomic E-state index is 14.8. The lowest BCUT2D eigenvalue weighted by atomic mass is 9.81. The van der Waals surface area contributed by atoms with Crippen LogP contribution in [0.15, 0.2) is 54.6 Å². The van der Waals surface area contributed by atoms with Crippen molar-refractivity contribution in [3.63, 3.8) is 0 Å². The molecular weight excluding hydrogens is 443 g/mol. The zero-order valence-corrected chi connectivity index (χ0v) is 21.0. The van der Waals surface area contributed by atoms with Gasteiger partial charge in [-0.2, -0.15) is 0 Å². The molecule has 1 aliphatic rings. The Balaban J connectivity index is 1.60. The Hall–Kier alpha value is -3.34. The van der Waals surface area contributed by atoms with Crippen LogP contribution in [0.5, 0.6) is 11.5 Å². The number of rotatable bonds is 7. The second kappa shape index (κ2) is 9.73. The van der Waals surface area contributed by atoms with Crippen molar-refractivity contribution in [2.45, 2.75) is 58.5 Å². The van der Waals surface area contributed by atoms with Gasteiger partial charge >= 0.3 is 5.97 Å². The molecule has 0 spiro atoms. The summed E-state index contributed by atoms with van der Waals surface area (Å²) in [5.74, 6) is -0.129. The number of methoxy groups -OCH3 is 1. The minimum atomic E-state index is -0.767. The highest BCUT2D eigenvalue weighted by Gasteiger charge is 2.31. The number of ether oxygens (including phenoxy) is 2. The largest absolute Gasteiger partial charge is 0.497 e. The van der Waals surface area contributed by atoms with Crippen molar-refractivity contribution in [1.29, 1.82) is 0 Å². The van der Waals surface area contributed by atoms with Gasteiger partial charge in [0.05, 0.1) is 13.0 Å². The molecular formula is C30H33FO4. The number of hydrogen-bond acceptors (Lipinski definition) is 3. The molecule has 0 fully saturated rings. The molecule has 4 rings (SSSR count). The fourth-order valence-electron chi connectivity index (χ4n) is 4.93. The Morgan fingerprint density at radius 3 is 2.49 bits per heavy atom. The number of aliphatic carboxylic acids is 1. The van der Waals surface area contributed by atoms with E-state index in [2.05, 4.69) is 32.9 Å². The topological polar surface area (TPSA) is 55.8 Å². The van der Waals surface area contributed by atoms with Crippen LogP contribution in [0.3, 0.4) is 0 Å². The van der Waals surface area contributed by atoms with Gasteiger partial charge < -0.3 is 14.6 Å². The molecule has 0 aromatic heterocycles. The van der Waals surface area contributed by atoms with E-state index < -0.39 is 11.9 Å². The van der Waals surface area contributed by atoms with Crippen LogP contribution >= 0.6 is 0 Å². The summed E-state index contributed by atoms with van der Waals surface area (Å²) >= 11 is 0. The standard InChI is InChI=1S/C30H33FO4/c1-18(29(32)33)23-12-8-20-7-9-22(16-25(20)23)35-17-19-6-11-24(27(14-19)30(2,3)4)26-15-21(34-5)10-13-28(26)31/h6-7,9-11,13-16,18,23H,8,12,17H2,1-5H3,(H,32,33)/t18-,23?/m0/s1. The van der Waals surface area contributed by atoms with Gasteiger partial charge in [-0.3, -0.25) is 4.79 Å². The fourth-order valence-corrected chi connectivity index (χ4v) is 4.93. The first-order valence-corrected chi connectivity index (χ1v) is 12.0. The van der Waals surface area contributed by atoms with Crippen molar-refractivity contribution in [3.8, 4) is 22.6 Å². The average molecular weight is 477 g/mol. The van der Waals surface area contributed by atoms with Crippen molar-refractivity contribution in [1.82, 2.24) is 0 Å². The molecule has 4 nitrogen and oxygen atoms in total. The van der Waals surface area contributed by atoms with Gasteiger partial charge in [-0.15, -0.1) is 0 Å². The quantitative estimate of drug-likeness (QED) is 0.394. The Kier molecular flexibility index (Phi) is 6.88. The predicted molar refractivity (Wildman–Crippen MR) is 136 cm³/mol. The van der Waals surface area contributed by atoms with Gasteiger partial charge in [0.2, 0.25) is 0 Å². The summed E-state index contributed by atoms with van der Waals surface area (Å²) in [6.07, 6.45) is 1.75. The minimum absolute atomic E-state index is 0.00980. The van der Waals surface area contributed by atoms with Gasteiger partial charge in [0.25, 0.3) is 0 Å². The molecule has 5 heteroatoms. The van der Waals surface area contributed by atoms with Crippen LogP contribution < -0.4 is 9.47 Å². The van der Waals surface area contributed by atoms with E-state index in [1.54, 1.807) is 26.2 Å². The summed E-state index contributed by atoms with van der Waals surface area (Å²) in [4.78, 5) is 11.5. The first-order chi connectivity index (χ1) is 16.6. The third-order valence-electron chi connectivity index (χ3n) is 7.00. The van der Waals surface area contributed by atoms with E-state index in [-0.39, 0.29) is 17.2 Å². The van der Waals surface area contributed by atoms with E-state index in [0.29, 0.717) is 17.9 Å². The average Bonchev–Trinajstić information content (AvgIpc) is 3.25. The van der Waals surface area contributed by atoms with Crippen LogP contribution in [0, 0.1) is 11.7 Å². The highest BCUT2D eigenvalue weighted by atomic mass is 19.1. The van der Waals surface area contributed by atoms with Gasteiger partial charge in [0.15, 0.2) is 0 Å². The third-order valence-corrected chi connectivity index (χ3v) is 7.00. The second-order valence-electron chi connectivity index (χ2n) is 10.4. The first-order valence-electron chi connectivity index (χ1n) is 12.0. The van der Waals surface area contributed by atoms with E-state index in [1.807, 2.05) is 24.3 Å². The Bertz CT molecular complexity index is 1240. The van der Waals surface area contributed by atoms with Crippen molar-refractivity contribution >= 4 is 5.97 Å². The number of fused-ring (bicyclic) bond motifs is 1. The van der Waals surface area contributed by atoms with E-state index in [1.165, 1.54) is 11.6 Å². The molecule has 0 aliphatic heterocycles. The summed E-state index contributed by atoms with van der Waals surface area (Å²) in [6.45, 7) is 8.47. The van der Waals surface area contributed by atoms with Gasteiger partial charge in [0, 0.05) is 5.56 Å². The van der Waals surface area contributed by atoms with Crippen LogP contribution in [0.1, 0.15) is 62.3 Å². The third kappa shape index (κ3) is 5.19.